The molecule has 6 heteroatoms. The number of carbonyl (C=O) groups excluding carboxylic acids is 2. The SMILES string of the molecule is Cc1ccc(C)c(OCC(=O)NNC(=O)c2cccc(C)n2)c1. The van der Waals surface area contributed by atoms with E-state index < -0.39 is 11.8 Å². The predicted octanol–water partition coefficient (Wildman–Crippen LogP) is 1.85. The number of nitrogens with zero attached hydrogens (tertiary/aromatic N) is 1. The van der Waals surface area contributed by atoms with Crippen molar-refractivity contribution in [1.82, 2.24) is 15.8 Å². The lowest BCUT2D eigenvalue weighted by Gasteiger charge is -2.11. The molecule has 0 aliphatic rings. The fourth-order valence-corrected chi connectivity index (χ4v) is 1.90. The molecule has 0 spiro atoms. The van der Waals surface area contributed by atoms with Crippen molar-refractivity contribution in [3.63, 3.8) is 0 Å². The van der Waals surface area contributed by atoms with Crippen LogP contribution >= 0.6 is 0 Å². The number of rotatable bonds is 4. The van der Waals surface area contributed by atoms with Gasteiger partial charge in [0.1, 0.15) is 11.4 Å². The van der Waals surface area contributed by atoms with E-state index in [1.54, 1.807) is 25.1 Å². The summed E-state index contributed by atoms with van der Waals surface area (Å²) in [6.45, 7) is 5.44. The summed E-state index contributed by atoms with van der Waals surface area (Å²) < 4.78 is 5.46. The van der Waals surface area contributed by atoms with Crippen molar-refractivity contribution in [1.29, 1.82) is 0 Å². The molecule has 0 saturated carbocycles. The highest BCUT2D eigenvalue weighted by molar-refractivity contribution is 5.93. The fourth-order valence-electron chi connectivity index (χ4n) is 1.90. The van der Waals surface area contributed by atoms with Crippen molar-refractivity contribution >= 4 is 11.8 Å². The van der Waals surface area contributed by atoms with Crippen molar-refractivity contribution in [2.24, 2.45) is 0 Å². The number of nitrogens with one attached hydrogen (secondary N) is 2. The number of aryl methyl sites for hydroxylation is 3. The molecule has 120 valence electrons. The fraction of sp³-hybridized carbons (Fsp3) is 0.235. The monoisotopic (exact) mass is 313 g/mol. The highest BCUT2D eigenvalue weighted by Gasteiger charge is 2.09. The molecule has 0 aliphatic heterocycles. The lowest BCUT2D eigenvalue weighted by atomic mass is 10.1. The van der Waals surface area contributed by atoms with Crippen molar-refractivity contribution in [2.75, 3.05) is 6.61 Å². The Labute approximate surface area is 134 Å². The van der Waals surface area contributed by atoms with Gasteiger partial charge in [-0.2, -0.15) is 0 Å². The van der Waals surface area contributed by atoms with Crippen LogP contribution in [0.2, 0.25) is 0 Å². The van der Waals surface area contributed by atoms with E-state index in [1.807, 2.05) is 32.0 Å². The van der Waals surface area contributed by atoms with E-state index in [9.17, 15) is 9.59 Å². The van der Waals surface area contributed by atoms with Gasteiger partial charge in [-0.1, -0.05) is 18.2 Å². The number of hydrogen-bond donors (Lipinski definition) is 2. The number of aromatic nitrogens is 1. The summed E-state index contributed by atoms with van der Waals surface area (Å²) in [7, 11) is 0. The molecule has 2 rings (SSSR count). The molecular weight excluding hydrogens is 294 g/mol. The maximum atomic E-state index is 11.8. The van der Waals surface area contributed by atoms with Crippen LogP contribution in [0.1, 0.15) is 27.3 Å². The lowest BCUT2D eigenvalue weighted by Crippen LogP contribution is -2.44. The van der Waals surface area contributed by atoms with Gasteiger partial charge < -0.3 is 4.74 Å². The second-order valence-electron chi connectivity index (χ2n) is 5.22. The van der Waals surface area contributed by atoms with Gasteiger partial charge in [0.2, 0.25) is 0 Å². The van der Waals surface area contributed by atoms with E-state index in [1.165, 1.54) is 0 Å². The molecule has 0 bridgehead atoms. The third-order valence-electron chi connectivity index (χ3n) is 3.14. The lowest BCUT2D eigenvalue weighted by molar-refractivity contribution is -0.123. The van der Waals surface area contributed by atoms with Crippen LogP contribution in [-0.2, 0) is 4.79 Å². The molecule has 2 N–H and O–H groups in total. The molecule has 1 aromatic heterocycles. The molecule has 0 aliphatic carbocycles. The second kappa shape index (κ2) is 7.40. The number of hydrazine groups is 1. The van der Waals surface area contributed by atoms with E-state index >= 15 is 0 Å². The van der Waals surface area contributed by atoms with E-state index in [4.69, 9.17) is 4.74 Å². The van der Waals surface area contributed by atoms with E-state index in [2.05, 4.69) is 15.8 Å². The third-order valence-corrected chi connectivity index (χ3v) is 3.14. The number of pyridine rings is 1. The van der Waals surface area contributed by atoms with Crippen molar-refractivity contribution in [3.8, 4) is 5.75 Å². The first-order valence-corrected chi connectivity index (χ1v) is 7.18. The summed E-state index contributed by atoms with van der Waals surface area (Å²) in [5, 5.41) is 0. The second-order valence-corrected chi connectivity index (χ2v) is 5.22. The van der Waals surface area contributed by atoms with Crippen molar-refractivity contribution < 1.29 is 14.3 Å². The molecule has 0 atom stereocenters. The zero-order valence-corrected chi connectivity index (χ0v) is 13.3. The van der Waals surface area contributed by atoms with Crippen molar-refractivity contribution in [2.45, 2.75) is 20.8 Å². The van der Waals surface area contributed by atoms with E-state index in [0.29, 0.717) is 5.75 Å². The van der Waals surface area contributed by atoms with Crippen LogP contribution in [0.5, 0.6) is 5.75 Å². The van der Waals surface area contributed by atoms with Crippen LogP contribution in [0, 0.1) is 20.8 Å². The van der Waals surface area contributed by atoms with Gasteiger partial charge in [-0.3, -0.25) is 20.4 Å². The Morgan fingerprint density at radius 1 is 1.09 bits per heavy atom. The smallest absolute Gasteiger partial charge is 0.288 e. The minimum atomic E-state index is -0.478. The maximum Gasteiger partial charge on any atom is 0.288 e. The number of carbonyl (C=O) groups is 2. The number of hydrogen-bond acceptors (Lipinski definition) is 4. The summed E-state index contributed by atoms with van der Waals surface area (Å²) >= 11 is 0. The Hall–Kier alpha value is -2.89. The van der Waals surface area contributed by atoms with Crippen LogP contribution in [0.4, 0.5) is 0 Å². The van der Waals surface area contributed by atoms with Crippen LogP contribution in [-0.4, -0.2) is 23.4 Å². The van der Waals surface area contributed by atoms with E-state index in [-0.39, 0.29) is 12.3 Å². The quantitative estimate of drug-likeness (QED) is 0.844. The van der Waals surface area contributed by atoms with Gasteiger partial charge in [-0.25, -0.2) is 4.98 Å². The van der Waals surface area contributed by atoms with Gasteiger partial charge in [-0.05, 0) is 50.1 Å². The van der Waals surface area contributed by atoms with Gasteiger partial charge in [0.15, 0.2) is 6.61 Å². The first-order valence-electron chi connectivity index (χ1n) is 7.18. The zero-order chi connectivity index (χ0) is 16.8. The highest BCUT2D eigenvalue weighted by atomic mass is 16.5. The summed E-state index contributed by atoms with van der Waals surface area (Å²) in [5.41, 5.74) is 7.56. The minimum Gasteiger partial charge on any atom is -0.483 e. The van der Waals surface area contributed by atoms with Crippen molar-refractivity contribution in [3.05, 3.63) is 58.9 Å². The molecule has 0 saturated heterocycles. The normalized spacial score (nSPS) is 10.0. The number of ether oxygens (including phenoxy) is 1. The van der Waals surface area contributed by atoms with Crippen LogP contribution < -0.4 is 15.6 Å². The van der Waals surface area contributed by atoms with Gasteiger partial charge >= 0.3 is 0 Å². The molecule has 0 radical (unpaired) electrons. The van der Waals surface area contributed by atoms with Crippen LogP contribution in [0.15, 0.2) is 36.4 Å². The summed E-state index contributed by atoms with van der Waals surface area (Å²) in [4.78, 5) is 27.7. The van der Waals surface area contributed by atoms with E-state index in [0.717, 1.165) is 16.8 Å². The molecular formula is C17H19N3O3. The summed E-state index contributed by atoms with van der Waals surface area (Å²) in [5.74, 6) is -0.285. The Kier molecular flexibility index (Phi) is 5.30. The standard InChI is InChI=1S/C17H19N3O3/c1-11-7-8-12(2)15(9-11)23-10-16(21)19-20-17(22)14-6-4-5-13(3)18-14/h4-9H,10H2,1-3H3,(H,19,21)(H,20,22). The molecule has 1 heterocycles. The Balaban J connectivity index is 1.83. The molecule has 0 fully saturated rings. The third kappa shape index (κ3) is 4.81. The van der Waals surface area contributed by atoms with Gasteiger partial charge in [0.25, 0.3) is 11.8 Å². The molecule has 2 amide bonds. The first-order chi connectivity index (χ1) is 11.0. The predicted molar refractivity (Wildman–Crippen MR) is 86.0 cm³/mol. The maximum absolute atomic E-state index is 11.8. The first kappa shape index (κ1) is 16.5. The van der Waals surface area contributed by atoms with Gasteiger partial charge in [0, 0.05) is 5.69 Å². The molecule has 2 aromatic rings. The largest absolute Gasteiger partial charge is 0.483 e. The molecule has 0 unspecified atom stereocenters. The summed E-state index contributed by atoms with van der Waals surface area (Å²) in [6, 6.07) is 10.8. The van der Waals surface area contributed by atoms with Crippen LogP contribution in [0.25, 0.3) is 0 Å². The average molecular weight is 313 g/mol. The summed E-state index contributed by atoms with van der Waals surface area (Å²) in [6.07, 6.45) is 0. The van der Waals surface area contributed by atoms with Crippen LogP contribution in [0.3, 0.4) is 0 Å². The Bertz CT molecular complexity index is 729. The topological polar surface area (TPSA) is 80.3 Å². The molecule has 6 nitrogen and oxygen atoms in total. The Morgan fingerprint density at radius 3 is 2.61 bits per heavy atom. The number of amides is 2. The number of benzene rings is 1. The molecule has 23 heavy (non-hydrogen) atoms. The van der Waals surface area contributed by atoms with Gasteiger partial charge in [0.05, 0.1) is 0 Å². The van der Waals surface area contributed by atoms with Gasteiger partial charge in [-0.15, -0.1) is 0 Å². The highest BCUT2D eigenvalue weighted by Crippen LogP contribution is 2.18. The average Bonchev–Trinajstić information content (AvgIpc) is 2.53. The minimum absolute atomic E-state index is 0.189. The molecule has 1 aromatic carbocycles. The zero-order valence-electron chi connectivity index (χ0n) is 13.3. The Morgan fingerprint density at radius 2 is 1.87 bits per heavy atom.